The molecule has 0 aromatic heterocycles. The molecule has 0 fully saturated rings. The van der Waals surface area contributed by atoms with E-state index >= 15 is 0 Å². The Bertz CT molecular complexity index is 341. The molecule has 0 spiro atoms. The van der Waals surface area contributed by atoms with Crippen molar-refractivity contribution < 1.29 is 17.7 Å². The zero-order valence-corrected chi connectivity index (χ0v) is 20.0. The van der Waals surface area contributed by atoms with Crippen molar-refractivity contribution in [2.75, 3.05) is 0 Å². The first-order valence-corrected chi connectivity index (χ1v) is 11.3. The van der Waals surface area contributed by atoms with Gasteiger partial charge in [-0.15, -0.1) is 9.24 Å². The molecule has 4 nitrogen and oxygen atoms in total. The van der Waals surface area contributed by atoms with Crippen LogP contribution in [0.2, 0.25) is 0 Å². The molecule has 0 aliphatic carbocycles. The van der Waals surface area contributed by atoms with Gasteiger partial charge in [-0.25, -0.2) is 0 Å². The molecule has 0 saturated carbocycles. The Labute approximate surface area is 154 Å². The van der Waals surface area contributed by atoms with Crippen molar-refractivity contribution in [3.8, 4) is 0 Å². The summed E-state index contributed by atoms with van der Waals surface area (Å²) in [6.07, 6.45) is 2.76. The largest absolute Gasteiger partial charge is 0.681 e. The minimum absolute atomic E-state index is 0.414. The Morgan fingerprint density at radius 1 is 0.667 bits per heavy atom. The highest BCUT2D eigenvalue weighted by Gasteiger charge is 2.57. The van der Waals surface area contributed by atoms with Crippen molar-refractivity contribution in [1.82, 2.24) is 0 Å². The molecule has 0 amide bonds. The molecule has 0 aliphatic heterocycles. The highest BCUT2D eigenvalue weighted by atomic mass is 31.0. The zero-order valence-electron chi connectivity index (χ0n) is 17.8. The first-order valence-electron chi connectivity index (χ1n) is 9.04. The summed E-state index contributed by atoms with van der Waals surface area (Å²) < 4.78 is 25.7. The molecule has 146 valence electrons. The summed E-state index contributed by atoms with van der Waals surface area (Å²) in [6.45, 7) is 22.3. The maximum absolute atomic E-state index is 6.58. The summed E-state index contributed by atoms with van der Waals surface area (Å²) >= 11 is 0. The van der Waals surface area contributed by atoms with Gasteiger partial charge in [0.15, 0.2) is 0 Å². The van der Waals surface area contributed by atoms with Gasteiger partial charge < -0.3 is 17.7 Å². The van der Waals surface area contributed by atoms with Gasteiger partial charge in [0, 0.05) is 0 Å². The summed E-state index contributed by atoms with van der Waals surface area (Å²) in [5.41, 5.74) is -1.31. The van der Waals surface area contributed by atoms with Crippen LogP contribution in [0.1, 0.15) is 95.4 Å². The van der Waals surface area contributed by atoms with Gasteiger partial charge in [0.1, 0.15) is 0 Å². The Morgan fingerprint density at radius 2 is 1.00 bits per heavy atom. The lowest BCUT2D eigenvalue weighted by Crippen LogP contribution is -2.62. The highest BCUT2D eigenvalue weighted by Crippen LogP contribution is 2.39. The van der Waals surface area contributed by atoms with Crippen LogP contribution in [-0.2, 0) is 17.7 Å². The van der Waals surface area contributed by atoms with Gasteiger partial charge in [-0.05, 0) is 75.2 Å². The lowest BCUT2D eigenvalue weighted by molar-refractivity contribution is -0.151. The van der Waals surface area contributed by atoms with Crippen LogP contribution in [-0.4, -0.2) is 31.2 Å². The first-order chi connectivity index (χ1) is 10.4. The van der Waals surface area contributed by atoms with E-state index in [9.17, 15) is 0 Å². The normalized spacial score (nSPS) is 17.0. The van der Waals surface area contributed by atoms with Crippen LogP contribution >= 0.6 is 9.24 Å². The van der Waals surface area contributed by atoms with E-state index in [2.05, 4.69) is 23.1 Å². The molecule has 0 aromatic rings. The van der Waals surface area contributed by atoms with Crippen LogP contribution in [0.4, 0.5) is 0 Å². The van der Waals surface area contributed by atoms with Crippen LogP contribution < -0.4 is 0 Å². The monoisotopic (exact) mass is 380 g/mol. The van der Waals surface area contributed by atoms with Gasteiger partial charge >= 0.3 is 9.05 Å². The maximum Gasteiger partial charge on any atom is 0.681 e. The molecule has 0 rings (SSSR count). The van der Waals surface area contributed by atoms with Gasteiger partial charge in [-0.1, -0.05) is 20.3 Å². The minimum Gasteiger partial charge on any atom is -0.346 e. The summed E-state index contributed by atoms with van der Waals surface area (Å²) in [5, 5.41) is -0.414. The maximum atomic E-state index is 6.58. The lowest BCUT2D eigenvalue weighted by atomic mass is 10.1. The Hall–Kier alpha value is 0.487. The van der Waals surface area contributed by atoms with E-state index < -0.39 is 31.2 Å². The molecule has 2 unspecified atom stereocenters. The summed E-state index contributed by atoms with van der Waals surface area (Å²) in [5.74, 6) is 0. The van der Waals surface area contributed by atoms with Crippen LogP contribution in [0.25, 0.3) is 0 Å². The average molecular weight is 381 g/mol. The van der Waals surface area contributed by atoms with E-state index in [-0.39, 0.29) is 0 Å². The van der Waals surface area contributed by atoms with Gasteiger partial charge in [0.25, 0.3) is 0 Å². The van der Waals surface area contributed by atoms with E-state index in [1.165, 1.54) is 0 Å². The SMILES string of the molecule is CCCC(P)(CC)O[Si](OC(C)(C)C)(OC(C)(C)C)OC(C)(C)C. The molecule has 0 saturated heterocycles. The first kappa shape index (κ1) is 24.5. The number of hydrogen-bond donors (Lipinski definition) is 0. The predicted molar refractivity (Wildman–Crippen MR) is 107 cm³/mol. The smallest absolute Gasteiger partial charge is 0.346 e. The van der Waals surface area contributed by atoms with Crippen molar-refractivity contribution in [1.29, 1.82) is 0 Å². The van der Waals surface area contributed by atoms with E-state index in [1.807, 2.05) is 62.3 Å². The summed E-state index contributed by atoms with van der Waals surface area (Å²) in [6, 6.07) is 0. The Kier molecular flexibility index (Phi) is 8.62. The van der Waals surface area contributed by atoms with Crippen molar-refractivity contribution in [2.24, 2.45) is 0 Å². The van der Waals surface area contributed by atoms with E-state index in [4.69, 9.17) is 17.7 Å². The second-order valence-corrected chi connectivity index (χ2v) is 12.3. The van der Waals surface area contributed by atoms with Crippen LogP contribution in [0, 0.1) is 0 Å². The molecule has 0 bridgehead atoms. The van der Waals surface area contributed by atoms with Crippen molar-refractivity contribution in [3.63, 3.8) is 0 Å². The van der Waals surface area contributed by atoms with Gasteiger partial charge in [0.2, 0.25) is 0 Å². The second kappa shape index (κ2) is 8.45. The molecule has 0 radical (unpaired) electrons. The fourth-order valence-corrected chi connectivity index (χ4v) is 6.19. The van der Waals surface area contributed by atoms with E-state index in [0.29, 0.717) is 0 Å². The van der Waals surface area contributed by atoms with Gasteiger partial charge in [-0.2, -0.15) is 0 Å². The molecule has 24 heavy (non-hydrogen) atoms. The third-order valence-corrected chi connectivity index (χ3v) is 7.19. The molecular weight excluding hydrogens is 339 g/mol. The molecular formula is C18H41O4PSi. The van der Waals surface area contributed by atoms with E-state index in [0.717, 1.165) is 19.3 Å². The molecule has 0 heterocycles. The van der Waals surface area contributed by atoms with Gasteiger partial charge in [0.05, 0.1) is 22.1 Å². The predicted octanol–water partition coefficient (Wildman–Crippen LogP) is 5.67. The van der Waals surface area contributed by atoms with Crippen LogP contribution in [0.15, 0.2) is 0 Å². The molecule has 6 heteroatoms. The van der Waals surface area contributed by atoms with Crippen molar-refractivity contribution in [2.45, 2.75) is 118 Å². The Morgan fingerprint density at radius 3 is 1.21 bits per heavy atom. The summed E-state index contributed by atoms with van der Waals surface area (Å²) in [4.78, 5) is 0. The molecule has 2 atom stereocenters. The molecule has 0 aliphatic rings. The molecule has 0 aromatic carbocycles. The third kappa shape index (κ3) is 10.5. The zero-order chi connectivity index (χ0) is 19.4. The number of hydrogen-bond acceptors (Lipinski definition) is 4. The highest BCUT2D eigenvalue weighted by molar-refractivity contribution is 7.18. The summed E-state index contributed by atoms with van der Waals surface area (Å²) in [7, 11) is -0.556. The van der Waals surface area contributed by atoms with Crippen LogP contribution in [0.3, 0.4) is 0 Å². The topological polar surface area (TPSA) is 36.9 Å². The molecule has 0 N–H and O–H groups in total. The third-order valence-electron chi connectivity index (χ3n) is 2.89. The fraction of sp³-hybridized carbons (Fsp3) is 1.00. The van der Waals surface area contributed by atoms with Crippen molar-refractivity contribution >= 4 is 18.3 Å². The standard InChI is InChI=1S/C18H41O4PSi/c1-12-14-18(23,13-2)22-24(19-15(3,4)5,20-16(6,7)8)21-17(9,10)11/h12-14,23H2,1-11H3. The minimum atomic E-state index is -3.42. The average Bonchev–Trinajstić information content (AvgIpc) is 2.20. The fourth-order valence-electron chi connectivity index (χ4n) is 2.22. The number of rotatable bonds is 8. The Balaban J connectivity index is 5.95. The van der Waals surface area contributed by atoms with Crippen molar-refractivity contribution in [3.05, 3.63) is 0 Å². The van der Waals surface area contributed by atoms with E-state index in [1.54, 1.807) is 0 Å². The quantitative estimate of drug-likeness (QED) is 0.402. The van der Waals surface area contributed by atoms with Crippen LogP contribution in [0.5, 0.6) is 0 Å². The lowest BCUT2D eigenvalue weighted by Gasteiger charge is -2.45. The van der Waals surface area contributed by atoms with Gasteiger partial charge in [-0.3, -0.25) is 0 Å². The second-order valence-electron chi connectivity index (χ2n) is 9.41.